The summed E-state index contributed by atoms with van der Waals surface area (Å²) in [6, 6.07) is 12.2. The average Bonchev–Trinajstić information content (AvgIpc) is 2.49. The van der Waals surface area contributed by atoms with Gasteiger partial charge in [-0.15, -0.1) is 0 Å². The molecule has 2 aromatic rings. The maximum atomic E-state index is 12.3. The Morgan fingerprint density at radius 3 is 2.41 bits per heavy atom. The van der Waals surface area contributed by atoms with Gasteiger partial charge in [-0.05, 0) is 54.8 Å². The molecule has 0 atom stereocenters. The van der Waals surface area contributed by atoms with Crippen LogP contribution in [0, 0.1) is 6.92 Å². The number of hydrogen-bond acceptors (Lipinski definition) is 4. The smallest absolute Gasteiger partial charge is 0.240 e. The summed E-state index contributed by atoms with van der Waals surface area (Å²) in [4.78, 5) is 0.239. The number of nitrogens with one attached hydrogen (secondary N) is 1. The summed E-state index contributed by atoms with van der Waals surface area (Å²) in [5.41, 5.74) is 8.12. The van der Waals surface area contributed by atoms with Crippen molar-refractivity contribution in [3.8, 4) is 5.75 Å². The first-order valence-electron chi connectivity index (χ1n) is 6.91. The van der Waals surface area contributed by atoms with Crippen LogP contribution in [0.4, 0.5) is 5.69 Å². The summed E-state index contributed by atoms with van der Waals surface area (Å²) in [7, 11) is -1.96. The standard InChI is InChI=1S/C16H20N2O3S/c1-12-11-15(7-8-16(12)21-2)22(19,20)18-10-9-13-3-5-14(17)6-4-13/h3-8,11,18H,9-10,17H2,1-2H3. The van der Waals surface area contributed by atoms with Gasteiger partial charge in [-0.1, -0.05) is 12.1 Å². The Kier molecular flexibility index (Phi) is 5.05. The second-order valence-corrected chi connectivity index (χ2v) is 6.79. The van der Waals surface area contributed by atoms with Crippen molar-refractivity contribution in [2.75, 3.05) is 19.4 Å². The molecular formula is C16H20N2O3S. The monoisotopic (exact) mass is 320 g/mol. The Labute approximate surface area is 131 Å². The molecule has 0 aromatic heterocycles. The lowest BCUT2D eigenvalue weighted by molar-refractivity contribution is 0.411. The molecule has 0 unspecified atom stereocenters. The highest BCUT2D eigenvalue weighted by atomic mass is 32.2. The van der Waals surface area contributed by atoms with Gasteiger partial charge in [0.15, 0.2) is 0 Å². The summed E-state index contributed by atoms with van der Waals surface area (Å²) in [6.07, 6.45) is 0.606. The summed E-state index contributed by atoms with van der Waals surface area (Å²) < 4.78 is 32.3. The molecule has 0 spiro atoms. The minimum absolute atomic E-state index is 0.239. The zero-order chi connectivity index (χ0) is 16.2. The van der Waals surface area contributed by atoms with E-state index in [1.807, 2.05) is 19.1 Å². The lowest BCUT2D eigenvalue weighted by Gasteiger charge is -2.10. The highest BCUT2D eigenvalue weighted by Crippen LogP contribution is 2.21. The molecule has 0 heterocycles. The van der Waals surface area contributed by atoms with Crippen LogP contribution in [0.5, 0.6) is 5.75 Å². The van der Waals surface area contributed by atoms with Crippen LogP contribution in [-0.4, -0.2) is 22.1 Å². The first kappa shape index (κ1) is 16.3. The maximum absolute atomic E-state index is 12.3. The average molecular weight is 320 g/mol. The fourth-order valence-corrected chi connectivity index (χ4v) is 3.23. The quantitative estimate of drug-likeness (QED) is 0.799. The molecule has 0 bridgehead atoms. The predicted octanol–water partition coefficient (Wildman–Crippen LogP) is 2.11. The third-order valence-corrected chi connectivity index (χ3v) is 4.82. The Hall–Kier alpha value is -2.05. The Morgan fingerprint density at radius 1 is 1.14 bits per heavy atom. The van der Waals surface area contributed by atoms with Gasteiger partial charge in [0.1, 0.15) is 5.75 Å². The highest BCUT2D eigenvalue weighted by Gasteiger charge is 2.14. The summed E-state index contributed by atoms with van der Waals surface area (Å²) in [6.45, 7) is 2.14. The number of nitrogens with two attached hydrogens (primary N) is 1. The van der Waals surface area contributed by atoms with Crippen LogP contribution >= 0.6 is 0 Å². The highest BCUT2D eigenvalue weighted by molar-refractivity contribution is 7.89. The van der Waals surface area contributed by atoms with Crippen LogP contribution in [0.15, 0.2) is 47.4 Å². The molecule has 6 heteroatoms. The molecule has 0 saturated heterocycles. The number of aryl methyl sites for hydroxylation is 1. The van der Waals surface area contributed by atoms with Crippen molar-refractivity contribution in [2.24, 2.45) is 0 Å². The van der Waals surface area contributed by atoms with E-state index in [2.05, 4.69) is 4.72 Å². The molecule has 2 rings (SSSR count). The Bertz CT molecular complexity index is 740. The van der Waals surface area contributed by atoms with Crippen LogP contribution in [0.1, 0.15) is 11.1 Å². The fourth-order valence-electron chi connectivity index (χ4n) is 2.12. The molecule has 0 aliphatic heterocycles. The van der Waals surface area contributed by atoms with Crippen LogP contribution in [0.3, 0.4) is 0 Å². The van der Waals surface area contributed by atoms with Gasteiger partial charge >= 0.3 is 0 Å². The molecule has 0 radical (unpaired) electrons. The van der Waals surface area contributed by atoms with E-state index in [0.29, 0.717) is 24.4 Å². The fraction of sp³-hybridized carbons (Fsp3) is 0.250. The third-order valence-electron chi connectivity index (χ3n) is 3.36. The third kappa shape index (κ3) is 3.99. The van der Waals surface area contributed by atoms with Gasteiger partial charge < -0.3 is 10.5 Å². The van der Waals surface area contributed by atoms with Crippen molar-refractivity contribution >= 4 is 15.7 Å². The Morgan fingerprint density at radius 2 is 1.82 bits per heavy atom. The number of anilines is 1. The predicted molar refractivity (Wildman–Crippen MR) is 87.5 cm³/mol. The van der Waals surface area contributed by atoms with E-state index in [-0.39, 0.29) is 4.90 Å². The second kappa shape index (κ2) is 6.81. The van der Waals surface area contributed by atoms with E-state index < -0.39 is 10.0 Å². The number of benzene rings is 2. The first-order chi connectivity index (χ1) is 10.4. The van der Waals surface area contributed by atoms with Gasteiger partial charge in [-0.2, -0.15) is 0 Å². The number of ether oxygens (including phenoxy) is 1. The number of sulfonamides is 1. The van der Waals surface area contributed by atoms with E-state index in [4.69, 9.17) is 10.5 Å². The van der Waals surface area contributed by atoms with Gasteiger partial charge in [-0.3, -0.25) is 0 Å². The summed E-state index contributed by atoms with van der Waals surface area (Å²) in [5.74, 6) is 0.667. The molecule has 0 aliphatic rings. The van der Waals surface area contributed by atoms with E-state index in [9.17, 15) is 8.42 Å². The summed E-state index contributed by atoms with van der Waals surface area (Å²) >= 11 is 0. The topological polar surface area (TPSA) is 81.4 Å². The largest absolute Gasteiger partial charge is 0.496 e. The molecule has 22 heavy (non-hydrogen) atoms. The lowest BCUT2D eigenvalue weighted by Crippen LogP contribution is -2.26. The molecular weight excluding hydrogens is 300 g/mol. The number of hydrogen-bond donors (Lipinski definition) is 2. The first-order valence-corrected chi connectivity index (χ1v) is 8.39. The van der Waals surface area contributed by atoms with Crippen LogP contribution in [0.25, 0.3) is 0 Å². The molecule has 3 N–H and O–H groups in total. The molecule has 118 valence electrons. The zero-order valence-electron chi connectivity index (χ0n) is 12.7. The summed E-state index contributed by atoms with van der Waals surface area (Å²) in [5, 5.41) is 0. The van der Waals surface area contributed by atoms with Gasteiger partial charge in [-0.25, -0.2) is 13.1 Å². The second-order valence-electron chi connectivity index (χ2n) is 5.02. The van der Waals surface area contributed by atoms with Crippen molar-refractivity contribution in [2.45, 2.75) is 18.2 Å². The van der Waals surface area contributed by atoms with Gasteiger partial charge in [0, 0.05) is 12.2 Å². The van der Waals surface area contributed by atoms with Crippen molar-refractivity contribution in [3.05, 3.63) is 53.6 Å². The van der Waals surface area contributed by atoms with E-state index in [1.165, 1.54) is 6.07 Å². The molecule has 5 nitrogen and oxygen atoms in total. The van der Waals surface area contributed by atoms with E-state index in [1.54, 1.807) is 31.4 Å². The molecule has 0 saturated carbocycles. The van der Waals surface area contributed by atoms with Crippen molar-refractivity contribution in [1.82, 2.24) is 4.72 Å². The van der Waals surface area contributed by atoms with Crippen LogP contribution in [-0.2, 0) is 16.4 Å². The molecule has 0 aliphatic carbocycles. The van der Waals surface area contributed by atoms with Crippen molar-refractivity contribution < 1.29 is 13.2 Å². The van der Waals surface area contributed by atoms with Gasteiger partial charge in [0.25, 0.3) is 0 Å². The minimum Gasteiger partial charge on any atom is -0.496 e. The number of nitrogen functional groups attached to an aromatic ring is 1. The van der Waals surface area contributed by atoms with Crippen LogP contribution < -0.4 is 15.2 Å². The minimum atomic E-state index is -3.52. The Balaban J connectivity index is 2.02. The molecule has 0 fully saturated rings. The number of rotatable bonds is 6. The van der Waals surface area contributed by atoms with E-state index in [0.717, 1.165) is 11.1 Å². The zero-order valence-corrected chi connectivity index (χ0v) is 13.5. The number of methoxy groups -OCH3 is 1. The lowest BCUT2D eigenvalue weighted by atomic mass is 10.1. The van der Waals surface area contributed by atoms with E-state index >= 15 is 0 Å². The normalized spacial score (nSPS) is 11.4. The van der Waals surface area contributed by atoms with Gasteiger partial charge in [0.05, 0.1) is 12.0 Å². The maximum Gasteiger partial charge on any atom is 0.240 e. The molecule has 2 aromatic carbocycles. The SMILES string of the molecule is COc1ccc(S(=O)(=O)NCCc2ccc(N)cc2)cc1C. The van der Waals surface area contributed by atoms with Crippen molar-refractivity contribution in [3.63, 3.8) is 0 Å². The van der Waals surface area contributed by atoms with Gasteiger partial charge in [0.2, 0.25) is 10.0 Å². The van der Waals surface area contributed by atoms with Crippen molar-refractivity contribution in [1.29, 1.82) is 0 Å². The van der Waals surface area contributed by atoms with Crippen LogP contribution in [0.2, 0.25) is 0 Å². The molecule has 0 amide bonds.